The number of likely N-dealkylation sites (tertiary alicyclic amines) is 1. The Hall–Kier alpha value is -2.54. The lowest BCUT2D eigenvalue weighted by atomic mass is 9.79. The van der Waals surface area contributed by atoms with Gasteiger partial charge in [0.25, 0.3) is 5.91 Å². The molecule has 12 nitrogen and oxygen atoms in total. The monoisotopic (exact) mass is 568 g/mol. The standard InChI is InChI=1S/C26H43N5O7S/c1-16(39(37)38)26(12-6-5-7-13-26)30-24(36)29-20(25(2,3)4)23(35)31-14-8-9-18(31)21(33)27-15-19(32)22(34)28-17-10-11-17/h16-18,20H,5-15H2,1-4H3,(H,27,33)(H,28,34)(H,37,38)(H2,29,30,36)/p-1/t16-,18+,20-/m1/s1. The maximum Gasteiger partial charge on any atom is 0.315 e. The Morgan fingerprint density at radius 1 is 1.03 bits per heavy atom. The molecule has 3 fully saturated rings. The molecule has 4 N–H and O–H groups in total. The van der Waals surface area contributed by atoms with Crippen molar-refractivity contribution >= 4 is 40.6 Å². The van der Waals surface area contributed by atoms with E-state index in [0.717, 1.165) is 32.1 Å². The van der Waals surface area contributed by atoms with Gasteiger partial charge in [-0.05, 0) is 50.9 Å². The summed E-state index contributed by atoms with van der Waals surface area (Å²) >= 11 is -2.38. The molecule has 39 heavy (non-hydrogen) atoms. The number of hydrogen-bond acceptors (Lipinski definition) is 7. The first kappa shape index (κ1) is 31.0. The van der Waals surface area contributed by atoms with Crippen molar-refractivity contribution in [1.82, 2.24) is 26.2 Å². The van der Waals surface area contributed by atoms with Gasteiger partial charge in [-0.1, -0.05) is 51.1 Å². The highest BCUT2D eigenvalue weighted by molar-refractivity contribution is 7.79. The summed E-state index contributed by atoms with van der Waals surface area (Å²) in [6.07, 6.45) is 6.22. The van der Waals surface area contributed by atoms with E-state index < -0.39 is 75.4 Å². The Kier molecular flexibility index (Phi) is 10.1. The van der Waals surface area contributed by atoms with Crippen molar-refractivity contribution < 1.29 is 32.7 Å². The van der Waals surface area contributed by atoms with Gasteiger partial charge in [0.05, 0.1) is 12.1 Å². The highest BCUT2D eigenvalue weighted by Gasteiger charge is 2.44. The van der Waals surface area contributed by atoms with Crippen LogP contribution in [-0.2, 0) is 30.3 Å². The third-order valence-corrected chi connectivity index (χ3v) is 9.02. The Balaban J connectivity index is 1.66. The summed E-state index contributed by atoms with van der Waals surface area (Å²) < 4.78 is 23.6. The van der Waals surface area contributed by atoms with Crippen molar-refractivity contribution in [3.8, 4) is 0 Å². The number of amides is 5. The zero-order valence-electron chi connectivity index (χ0n) is 23.3. The van der Waals surface area contributed by atoms with Crippen LogP contribution < -0.4 is 21.3 Å². The van der Waals surface area contributed by atoms with Gasteiger partial charge in [-0.25, -0.2) is 4.79 Å². The highest BCUT2D eigenvalue weighted by Crippen LogP contribution is 2.33. The molecule has 1 heterocycles. The average Bonchev–Trinajstić information content (AvgIpc) is 3.55. The molecule has 3 rings (SSSR count). The zero-order chi connectivity index (χ0) is 29.0. The molecule has 1 saturated heterocycles. The third kappa shape index (κ3) is 8.00. The largest absolute Gasteiger partial charge is 0.772 e. The first-order chi connectivity index (χ1) is 18.2. The predicted molar refractivity (Wildman–Crippen MR) is 143 cm³/mol. The smallest absolute Gasteiger partial charge is 0.315 e. The summed E-state index contributed by atoms with van der Waals surface area (Å²) in [5.41, 5.74) is -1.64. The van der Waals surface area contributed by atoms with Crippen molar-refractivity contribution in [2.45, 2.75) is 114 Å². The third-order valence-electron chi connectivity index (χ3n) is 7.99. The molecule has 0 radical (unpaired) electrons. The molecular weight excluding hydrogens is 526 g/mol. The maximum atomic E-state index is 13.7. The molecule has 0 bridgehead atoms. The molecule has 5 amide bonds. The molecule has 3 aliphatic rings. The fourth-order valence-electron chi connectivity index (χ4n) is 5.37. The maximum absolute atomic E-state index is 13.7. The lowest BCUT2D eigenvalue weighted by Gasteiger charge is -2.44. The van der Waals surface area contributed by atoms with E-state index in [0.29, 0.717) is 32.2 Å². The second-order valence-electron chi connectivity index (χ2n) is 12.1. The second kappa shape index (κ2) is 12.8. The number of nitrogens with one attached hydrogen (secondary N) is 4. The molecule has 1 aliphatic heterocycles. The normalized spacial score (nSPS) is 23.2. The van der Waals surface area contributed by atoms with Gasteiger partial charge in [0.15, 0.2) is 0 Å². The lowest BCUT2D eigenvalue weighted by molar-refractivity contribution is -0.142. The Labute approximate surface area is 232 Å². The second-order valence-corrected chi connectivity index (χ2v) is 13.3. The van der Waals surface area contributed by atoms with Gasteiger partial charge in [0.1, 0.15) is 12.1 Å². The summed E-state index contributed by atoms with van der Waals surface area (Å²) in [4.78, 5) is 65.2. The molecule has 0 aromatic heterocycles. The predicted octanol–water partition coefficient (Wildman–Crippen LogP) is 0.626. The molecule has 2 saturated carbocycles. The Morgan fingerprint density at radius 3 is 2.23 bits per heavy atom. The number of hydrogen-bond donors (Lipinski definition) is 4. The Morgan fingerprint density at radius 2 is 1.67 bits per heavy atom. The van der Waals surface area contributed by atoms with Gasteiger partial charge >= 0.3 is 6.03 Å². The van der Waals surface area contributed by atoms with Gasteiger partial charge in [-0.15, -0.1) is 0 Å². The van der Waals surface area contributed by atoms with Crippen molar-refractivity contribution in [2.75, 3.05) is 13.1 Å². The summed E-state index contributed by atoms with van der Waals surface area (Å²) in [6.45, 7) is 6.81. The number of carbonyl (C=O) groups is 5. The van der Waals surface area contributed by atoms with Crippen LogP contribution in [0.5, 0.6) is 0 Å². The Bertz CT molecular complexity index is 988. The minimum Gasteiger partial charge on any atom is -0.772 e. The van der Waals surface area contributed by atoms with E-state index in [-0.39, 0.29) is 6.04 Å². The topological polar surface area (TPSA) is 177 Å². The number of carbonyl (C=O) groups excluding carboxylic acids is 5. The van der Waals surface area contributed by atoms with Crippen LogP contribution in [0.15, 0.2) is 0 Å². The molecule has 13 heteroatoms. The number of rotatable bonds is 10. The fourth-order valence-corrected chi connectivity index (χ4v) is 6.03. The van der Waals surface area contributed by atoms with Crippen molar-refractivity contribution in [1.29, 1.82) is 0 Å². The van der Waals surface area contributed by atoms with Crippen LogP contribution in [0, 0.1) is 5.41 Å². The van der Waals surface area contributed by atoms with Gasteiger partial charge in [-0.3, -0.25) is 23.4 Å². The quantitative estimate of drug-likeness (QED) is 0.220. The fraction of sp³-hybridized carbons (Fsp3) is 0.808. The number of nitrogens with zero attached hydrogens (tertiary/aromatic N) is 1. The molecule has 4 atom stereocenters. The number of Topliss-reactive ketones (excluding diaryl/α,β-unsaturated/α-hetero) is 1. The number of ketones is 1. The van der Waals surface area contributed by atoms with E-state index in [1.165, 1.54) is 4.90 Å². The minimum absolute atomic E-state index is 0.0257. The van der Waals surface area contributed by atoms with Crippen molar-refractivity contribution in [3.63, 3.8) is 0 Å². The molecular formula is C26H42N5O7S-. The summed E-state index contributed by atoms with van der Waals surface area (Å²) in [5.74, 6) is -2.45. The molecule has 0 spiro atoms. The number of urea groups is 1. The lowest BCUT2D eigenvalue weighted by Crippen LogP contribution is -2.64. The minimum atomic E-state index is -2.38. The van der Waals surface area contributed by atoms with E-state index in [9.17, 15) is 32.7 Å². The zero-order valence-corrected chi connectivity index (χ0v) is 24.1. The van der Waals surface area contributed by atoms with Crippen LogP contribution in [0.3, 0.4) is 0 Å². The molecule has 220 valence electrons. The van der Waals surface area contributed by atoms with Crippen LogP contribution in [0.4, 0.5) is 4.79 Å². The van der Waals surface area contributed by atoms with E-state index in [2.05, 4.69) is 21.3 Å². The van der Waals surface area contributed by atoms with E-state index in [4.69, 9.17) is 0 Å². The first-order valence-electron chi connectivity index (χ1n) is 13.8. The molecule has 0 aromatic carbocycles. The van der Waals surface area contributed by atoms with Crippen LogP contribution in [0.25, 0.3) is 0 Å². The summed E-state index contributed by atoms with van der Waals surface area (Å²) in [5, 5.41) is 9.92. The van der Waals surface area contributed by atoms with Crippen LogP contribution >= 0.6 is 0 Å². The summed E-state index contributed by atoms with van der Waals surface area (Å²) in [7, 11) is 0. The first-order valence-corrected chi connectivity index (χ1v) is 15.0. The van der Waals surface area contributed by atoms with Gasteiger partial charge < -0.3 is 30.7 Å². The van der Waals surface area contributed by atoms with Crippen LogP contribution in [0.2, 0.25) is 0 Å². The highest BCUT2D eigenvalue weighted by atomic mass is 32.2. The average molecular weight is 569 g/mol. The molecule has 1 unspecified atom stereocenters. The van der Waals surface area contributed by atoms with Gasteiger partial charge in [-0.2, -0.15) is 0 Å². The van der Waals surface area contributed by atoms with Crippen LogP contribution in [-0.4, -0.2) is 85.2 Å². The van der Waals surface area contributed by atoms with Crippen molar-refractivity contribution in [2.24, 2.45) is 5.41 Å². The van der Waals surface area contributed by atoms with Crippen molar-refractivity contribution in [3.05, 3.63) is 0 Å². The summed E-state index contributed by atoms with van der Waals surface area (Å²) in [6, 6.07) is -2.43. The van der Waals surface area contributed by atoms with E-state index in [1.54, 1.807) is 27.7 Å². The SMILES string of the molecule is C[C@@H](S(=O)[O-])C1(NC(=O)N[C@H](C(=O)N2CCC[C@H]2C(=O)NCC(=O)C(=O)NC2CC2)C(C)(C)C)CCCCC1. The van der Waals surface area contributed by atoms with E-state index in [1.807, 2.05) is 0 Å². The van der Waals surface area contributed by atoms with E-state index >= 15 is 0 Å². The van der Waals surface area contributed by atoms with Gasteiger partial charge in [0.2, 0.25) is 17.6 Å². The molecule has 2 aliphatic carbocycles. The van der Waals surface area contributed by atoms with Gasteiger partial charge in [0, 0.05) is 17.8 Å². The van der Waals surface area contributed by atoms with Crippen LogP contribution in [0.1, 0.15) is 85.5 Å². The molecule has 0 aromatic rings.